The van der Waals surface area contributed by atoms with Gasteiger partial charge in [-0.05, 0) is 63.0 Å². The first-order chi connectivity index (χ1) is 16.5. The number of benzene rings is 1. The van der Waals surface area contributed by atoms with Crippen LogP contribution in [0.3, 0.4) is 0 Å². The van der Waals surface area contributed by atoms with Gasteiger partial charge in [0.15, 0.2) is 11.9 Å². The number of likely N-dealkylation sites (tertiary alicyclic amines) is 1. The third kappa shape index (κ3) is 4.61. The van der Waals surface area contributed by atoms with Crippen molar-refractivity contribution in [2.45, 2.75) is 45.8 Å². The number of rotatable bonds is 7. The van der Waals surface area contributed by atoms with E-state index in [4.69, 9.17) is 14.7 Å². The number of ether oxygens (including phenoxy) is 1. The molecule has 5 rings (SSSR count). The van der Waals surface area contributed by atoms with Gasteiger partial charge in [-0.3, -0.25) is 9.69 Å². The third-order valence-electron chi connectivity index (χ3n) is 6.90. The number of aryl methyl sites for hydroxylation is 3. The molecule has 0 bridgehead atoms. The summed E-state index contributed by atoms with van der Waals surface area (Å²) >= 11 is 0. The Morgan fingerprint density at radius 3 is 2.68 bits per heavy atom. The number of hydrogen-bond acceptors (Lipinski definition) is 5. The maximum absolute atomic E-state index is 11.0. The number of nitrogens with zero attached hydrogens (tertiary/aromatic N) is 4. The monoisotopic (exact) mass is 457 g/mol. The Balaban J connectivity index is 1.18. The van der Waals surface area contributed by atoms with Gasteiger partial charge in [0.25, 0.3) is 0 Å². The Bertz CT molecular complexity index is 1310. The molecule has 0 unspecified atom stereocenters. The molecule has 1 aliphatic rings. The van der Waals surface area contributed by atoms with Crippen LogP contribution in [-0.2, 0) is 20.2 Å². The number of aromatic amines is 1. The second kappa shape index (κ2) is 9.43. The molecule has 1 aromatic carbocycles. The highest BCUT2D eigenvalue weighted by atomic mass is 16.5. The predicted molar refractivity (Wildman–Crippen MR) is 132 cm³/mol. The fraction of sp³-hybridized carbons (Fsp3) is 0.370. The van der Waals surface area contributed by atoms with Crippen molar-refractivity contribution in [3.63, 3.8) is 0 Å². The molecule has 176 valence electrons. The summed E-state index contributed by atoms with van der Waals surface area (Å²) < 4.78 is 8.11. The number of imidazole rings is 1. The van der Waals surface area contributed by atoms with Gasteiger partial charge in [-0.2, -0.15) is 0 Å². The molecular formula is C27H31N5O2. The molecule has 0 atom stereocenters. The van der Waals surface area contributed by atoms with E-state index in [9.17, 15) is 4.79 Å². The van der Waals surface area contributed by atoms with Gasteiger partial charge in [0.05, 0.1) is 17.8 Å². The molecule has 0 radical (unpaired) electrons. The number of hydrogen-bond donors (Lipinski definition) is 1. The lowest BCUT2D eigenvalue weighted by Crippen LogP contribution is -2.33. The van der Waals surface area contributed by atoms with Gasteiger partial charge in [-0.1, -0.05) is 29.8 Å². The smallest absolute Gasteiger partial charge is 0.213 e. The van der Waals surface area contributed by atoms with Gasteiger partial charge in [-0.25, -0.2) is 9.97 Å². The van der Waals surface area contributed by atoms with Crippen molar-refractivity contribution < 1.29 is 9.53 Å². The quantitative estimate of drug-likeness (QED) is 0.408. The number of piperidine rings is 1. The Morgan fingerprint density at radius 2 is 1.94 bits per heavy atom. The van der Waals surface area contributed by atoms with Gasteiger partial charge in [0.2, 0.25) is 5.88 Å². The highest BCUT2D eigenvalue weighted by Gasteiger charge is 2.23. The molecule has 7 heteroatoms. The summed E-state index contributed by atoms with van der Waals surface area (Å²) in [7, 11) is 2.01. The van der Waals surface area contributed by atoms with Crippen LogP contribution in [0, 0.1) is 13.8 Å². The zero-order valence-electron chi connectivity index (χ0n) is 20.0. The zero-order valence-corrected chi connectivity index (χ0v) is 20.0. The number of pyridine rings is 1. The highest BCUT2D eigenvalue weighted by Crippen LogP contribution is 2.29. The number of nitrogens with one attached hydrogen (secondary N) is 1. The second-order valence-electron chi connectivity index (χ2n) is 9.33. The van der Waals surface area contributed by atoms with Gasteiger partial charge < -0.3 is 14.3 Å². The summed E-state index contributed by atoms with van der Waals surface area (Å²) in [6, 6.07) is 14.4. The van der Waals surface area contributed by atoms with Crippen molar-refractivity contribution in [2.75, 3.05) is 13.1 Å². The van der Waals surface area contributed by atoms with Crippen molar-refractivity contribution in [1.82, 2.24) is 24.4 Å². The minimum absolute atomic E-state index is 0.437. The number of carbonyl (C=O) groups is 1. The summed E-state index contributed by atoms with van der Waals surface area (Å²) in [5, 5.41) is 0. The third-order valence-corrected chi connectivity index (χ3v) is 6.90. The lowest BCUT2D eigenvalue weighted by atomic mass is 9.93. The van der Waals surface area contributed by atoms with Gasteiger partial charge in [-0.15, -0.1) is 0 Å². The van der Waals surface area contributed by atoms with E-state index in [0.29, 0.717) is 24.1 Å². The van der Waals surface area contributed by atoms with Crippen molar-refractivity contribution >= 4 is 17.5 Å². The van der Waals surface area contributed by atoms with E-state index in [0.717, 1.165) is 61.4 Å². The fourth-order valence-electron chi connectivity index (χ4n) is 4.83. The molecule has 1 N–H and O–H groups in total. The van der Waals surface area contributed by atoms with E-state index in [1.54, 1.807) is 0 Å². The largest absolute Gasteiger partial charge is 0.473 e. The van der Waals surface area contributed by atoms with E-state index < -0.39 is 0 Å². The van der Waals surface area contributed by atoms with Gasteiger partial charge >= 0.3 is 0 Å². The van der Waals surface area contributed by atoms with Crippen LogP contribution in [-0.4, -0.2) is 43.8 Å². The summed E-state index contributed by atoms with van der Waals surface area (Å²) in [5.74, 6) is 2.14. The predicted octanol–water partition coefficient (Wildman–Crippen LogP) is 4.68. The van der Waals surface area contributed by atoms with Crippen LogP contribution >= 0.6 is 0 Å². The molecule has 4 heterocycles. The van der Waals surface area contributed by atoms with Crippen molar-refractivity contribution in [2.24, 2.45) is 7.05 Å². The summed E-state index contributed by atoms with van der Waals surface area (Å²) in [4.78, 5) is 26.0. The lowest BCUT2D eigenvalue weighted by Gasteiger charge is -2.31. The molecule has 34 heavy (non-hydrogen) atoms. The Kier molecular flexibility index (Phi) is 6.20. The van der Waals surface area contributed by atoms with E-state index in [2.05, 4.69) is 58.6 Å². The average molecular weight is 458 g/mol. The molecule has 0 amide bonds. The fourth-order valence-corrected chi connectivity index (χ4v) is 4.83. The van der Waals surface area contributed by atoms with E-state index in [1.807, 2.05) is 19.2 Å². The Labute approximate surface area is 199 Å². The number of aldehydes is 1. The summed E-state index contributed by atoms with van der Waals surface area (Å²) in [6.45, 7) is 7.56. The summed E-state index contributed by atoms with van der Waals surface area (Å²) in [6.07, 6.45) is 2.94. The van der Waals surface area contributed by atoms with Crippen LogP contribution in [0.4, 0.5) is 0 Å². The number of carbonyl (C=O) groups excluding carboxylic acids is 1. The number of fused-ring (bicyclic) bond motifs is 1. The Hall–Kier alpha value is -3.45. The van der Waals surface area contributed by atoms with Crippen LogP contribution in [0.1, 0.15) is 57.5 Å². The minimum Gasteiger partial charge on any atom is -0.473 e. The minimum atomic E-state index is 0.437. The highest BCUT2D eigenvalue weighted by molar-refractivity contribution is 5.84. The molecule has 0 aliphatic carbocycles. The lowest BCUT2D eigenvalue weighted by molar-refractivity contribution is 0.111. The average Bonchev–Trinajstić information content (AvgIpc) is 3.38. The molecule has 0 spiro atoms. The second-order valence-corrected chi connectivity index (χ2v) is 9.33. The van der Waals surface area contributed by atoms with Crippen molar-refractivity contribution in [3.05, 3.63) is 76.4 Å². The molecule has 1 fully saturated rings. The van der Waals surface area contributed by atoms with Gasteiger partial charge in [0.1, 0.15) is 12.4 Å². The van der Waals surface area contributed by atoms with Crippen LogP contribution < -0.4 is 4.74 Å². The first kappa shape index (κ1) is 22.3. The topological polar surface area (TPSA) is 76.0 Å². The summed E-state index contributed by atoms with van der Waals surface area (Å²) in [5.41, 5.74) is 7.12. The van der Waals surface area contributed by atoms with E-state index in [1.165, 1.54) is 16.7 Å². The van der Waals surface area contributed by atoms with Crippen LogP contribution in [0.25, 0.3) is 11.2 Å². The van der Waals surface area contributed by atoms with Crippen LogP contribution in [0.2, 0.25) is 0 Å². The van der Waals surface area contributed by atoms with Crippen LogP contribution in [0.5, 0.6) is 5.88 Å². The molecule has 7 nitrogen and oxygen atoms in total. The molecule has 4 aromatic rings. The number of aromatic nitrogens is 4. The van der Waals surface area contributed by atoms with Crippen molar-refractivity contribution in [3.8, 4) is 5.88 Å². The van der Waals surface area contributed by atoms with Crippen LogP contribution in [0.15, 0.2) is 42.5 Å². The first-order valence-corrected chi connectivity index (χ1v) is 11.9. The SMILES string of the molecule is Cc1ccc(COc2cccc(C3CCN(Cc4nc5[nH]c(C=O)cc5n4C)CC3)n2)c(C)c1. The molecule has 0 saturated carbocycles. The standard InChI is InChI=1S/C27H31N5O2/c1-18-7-8-21(19(2)13-18)17-34-26-6-4-5-23(29-26)20-9-11-32(12-10-20)15-25-30-27-24(31(25)3)14-22(16-33)28-27/h4-8,13-14,16,20,28H,9-12,15,17H2,1-3H3. The normalized spacial score (nSPS) is 15.1. The molecular weight excluding hydrogens is 426 g/mol. The maximum Gasteiger partial charge on any atom is 0.213 e. The molecule has 1 aliphatic heterocycles. The van der Waals surface area contributed by atoms with E-state index >= 15 is 0 Å². The van der Waals surface area contributed by atoms with Gasteiger partial charge in [0, 0.05) is 24.7 Å². The first-order valence-electron chi connectivity index (χ1n) is 11.9. The maximum atomic E-state index is 11.0. The number of H-pyrrole nitrogens is 1. The molecule has 1 saturated heterocycles. The van der Waals surface area contributed by atoms with E-state index in [-0.39, 0.29) is 0 Å². The molecule has 3 aromatic heterocycles. The van der Waals surface area contributed by atoms with Crippen molar-refractivity contribution in [1.29, 1.82) is 0 Å². The zero-order chi connectivity index (χ0) is 23.7. The Morgan fingerprint density at radius 1 is 1.12 bits per heavy atom.